The molecular formula is C16H23N3O3. The molecule has 1 fully saturated rings. The highest BCUT2D eigenvalue weighted by atomic mass is 16.5. The number of esters is 1. The molecule has 0 aromatic carbocycles. The van der Waals surface area contributed by atoms with Crippen LogP contribution in [0.15, 0.2) is 31.0 Å². The molecule has 0 spiro atoms. The van der Waals surface area contributed by atoms with Crippen molar-refractivity contribution in [2.45, 2.75) is 6.42 Å². The van der Waals surface area contributed by atoms with E-state index in [1.165, 1.54) is 7.11 Å². The fraction of sp³-hybridized carbons (Fsp3) is 0.500. The Bertz CT molecular complexity index is 484. The minimum atomic E-state index is -0.216. The Labute approximate surface area is 131 Å². The van der Waals surface area contributed by atoms with Crippen molar-refractivity contribution in [1.29, 1.82) is 0 Å². The van der Waals surface area contributed by atoms with Crippen LogP contribution in [-0.2, 0) is 14.3 Å². The first-order chi connectivity index (χ1) is 10.7. The van der Waals surface area contributed by atoms with Crippen molar-refractivity contribution in [1.82, 2.24) is 4.98 Å². The van der Waals surface area contributed by atoms with Crippen molar-refractivity contribution < 1.29 is 14.3 Å². The standard InChI is InChI=1S/C16H23N3O3/c1-3-7-18(8-6-16(20)21-2)14-4-5-15(17-13-14)19-9-11-22-12-10-19/h3-5,13H,1,6-12H2,2H3. The molecule has 6 nitrogen and oxygen atoms in total. The van der Waals surface area contributed by atoms with Gasteiger partial charge < -0.3 is 19.3 Å². The molecule has 2 heterocycles. The Kier molecular flexibility index (Phi) is 6.21. The molecule has 0 bridgehead atoms. The normalized spacial score (nSPS) is 14.5. The lowest BCUT2D eigenvalue weighted by atomic mass is 10.3. The second kappa shape index (κ2) is 8.38. The Morgan fingerprint density at radius 2 is 2.27 bits per heavy atom. The molecule has 1 aliphatic heterocycles. The van der Waals surface area contributed by atoms with Crippen LogP contribution in [0.5, 0.6) is 0 Å². The summed E-state index contributed by atoms with van der Waals surface area (Å²) in [6.45, 7) is 8.22. The highest BCUT2D eigenvalue weighted by Crippen LogP contribution is 2.19. The predicted molar refractivity (Wildman–Crippen MR) is 86.3 cm³/mol. The quantitative estimate of drug-likeness (QED) is 0.562. The van der Waals surface area contributed by atoms with E-state index in [1.807, 2.05) is 24.4 Å². The average Bonchev–Trinajstić information content (AvgIpc) is 2.59. The van der Waals surface area contributed by atoms with Gasteiger partial charge in [0.05, 0.1) is 38.6 Å². The molecule has 0 aliphatic carbocycles. The third-order valence-electron chi connectivity index (χ3n) is 3.60. The summed E-state index contributed by atoms with van der Waals surface area (Å²) in [6.07, 6.45) is 3.99. The Balaban J connectivity index is 2.01. The van der Waals surface area contributed by atoms with Gasteiger partial charge in [-0.1, -0.05) is 6.08 Å². The third-order valence-corrected chi connectivity index (χ3v) is 3.60. The fourth-order valence-corrected chi connectivity index (χ4v) is 2.35. The molecule has 2 rings (SSSR count). The van der Waals surface area contributed by atoms with Crippen molar-refractivity contribution in [3.05, 3.63) is 31.0 Å². The van der Waals surface area contributed by atoms with Crippen LogP contribution in [0, 0.1) is 0 Å². The van der Waals surface area contributed by atoms with E-state index in [1.54, 1.807) is 0 Å². The van der Waals surface area contributed by atoms with E-state index >= 15 is 0 Å². The maximum atomic E-state index is 11.3. The number of carbonyl (C=O) groups is 1. The van der Waals surface area contributed by atoms with Crippen LogP contribution in [0.25, 0.3) is 0 Å². The van der Waals surface area contributed by atoms with E-state index in [-0.39, 0.29) is 5.97 Å². The predicted octanol–water partition coefficient (Wildman–Crippen LogP) is 1.47. The molecule has 0 atom stereocenters. The number of carbonyl (C=O) groups excluding carboxylic acids is 1. The topological polar surface area (TPSA) is 54.9 Å². The van der Waals surface area contributed by atoms with Crippen LogP contribution in [-0.4, -0.2) is 57.5 Å². The van der Waals surface area contributed by atoms with E-state index < -0.39 is 0 Å². The minimum absolute atomic E-state index is 0.216. The van der Waals surface area contributed by atoms with E-state index in [2.05, 4.69) is 26.1 Å². The number of hydrogen-bond donors (Lipinski definition) is 0. The fourth-order valence-electron chi connectivity index (χ4n) is 2.35. The van der Waals surface area contributed by atoms with Gasteiger partial charge in [-0.15, -0.1) is 6.58 Å². The van der Waals surface area contributed by atoms with Crippen molar-refractivity contribution >= 4 is 17.5 Å². The summed E-state index contributed by atoms with van der Waals surface area (Å²) in [5.41, 5.74) is 0.973. The van der Waals surface area contributed by atoms with Crippen LogP contribution < -0.4 is 9.80 Å². The van der Waals surface area contributed by atoms with Crippen molar-refractivity contribution in [2.75, 3.05) is 56.3 Å². The van der Waals surface area contributed by atoms with Gasteiger partial charge in [-0.3, -0.25) is 4.79 Å². The molecular weight excluding hydrogens is 282 g/mol. The minimum Gasteiger partial charge on any atom is -0.469 e. The largest absolute Gasteiger partial charge is 0.469 e. The zero-order valence-electron chi connectivity index (χ0n) is 13.0. The van der Waals surface area contributed by atoms with E-state index in [4.69, 9.17) is 4.74 Å². The van der Waals surface area contributed by atoms with E-state index in [0.29, 0.717) is 19.5 Å². The Morgan fingerprint density at radius 1 is 1.50 bits per heavy atom. The number of pyridine rings is 1. The lowest BCUT2D eigenvalue weighted by molar-refractivity contribution is -0.140. The molecule has 1 aliphatic rings. The summed E-state index contributed by atoms with van der Waals surface area (Å²) in [6, 6.07) is 4.04. The Morgan fingerprint density at radius 3 is 2.86 bits per heavy atom. The first kappa shape index (κ1) is 16.3. The van der Waals surface area contributed by atoms with Gasteiger partial charge in [0.15, 0.2) is 0 Å². The van der Waals surface area contributed by atoms with Gasteiger partial charge in [0.25, 0.3) is 0 Å². The number of morpholine rings is 1. The van der Waals surface area contributed by atoms with Crippen molar-refractivity contribution in [2.24, 2.45) is 0 Å². The molecule has 0 N–H and O–H groups in total. The zero-order chi connectivity index (χ0) is 15.8. The molecule has 0 radical (unpaired) electrons. The van der Waals surface area contributed by atoms with Gasteiger partial charge in [0.2, 0.25) is 0 Å². The van der Waals surface area contributed by atoms with Crippen molar-refractivity contribution in [3.8, 4) is 0 Å². The lowest BCUT2D eigenvalue weighted by Gasteiger charge is -2.28. The maximum absolute atomic E-state index is 11.3. The van der Waals surface area contributed by atoms with E-state index in [0.717, 1.165) is 37.8 Å². The SMILES string of the molecule is C=CCN(CCC(=O)OC)c1ccc(N2CCOCC2)nc1. The Hall–Kier alpha value is -2.08. The summed E-state index contributed by atoms with van der Waals surface area (Å²) >= 11 is 0. The number of rotatable bonds is 7. The number of methoxy groups -OCH3 is 1. The maximum Gasteiger partial charge on any atom is 0.307 e. The van der Waals surface area contributed by atoms with Gasteiger partial charge in [0.1, 0.15) is 5.82 Å². The molecule has 0 amide bonds. The second-order valence-electron chi connectivity index (χ2n) is 5.03. The van der Waals surface area contributed by atoms with Crippen LogP contribution in [0.1, 0.15) is 6.42 Å². The number of nitrogens with zero attached hydrogens (tertiary/aromatic N) is 3. The highest BCUT2D eigenvalue weighted by Gasteiger charge is 2.13. The third kappa shape index (κ3) is 4.46. The molecule has 0 unspecified atom stereocenters. The van der Waals surface area contributed by atoms with Gasteiger partial charge >= 0.3 is 5.97 Å². The van der Waals surface area contributed by atoms with Crippen LogP contribution in [0.2, 0.25) is 0 Å². The monoisotopic (exact) mass is 305 g/mol. The van der Waals surface area contributed by atoms with E-state index in [9.17, 15) is 4.79 Å². The smallest absolute Gasteiger partial charge is 0.307 e. The summed E-state index contributed by atoms with van der Waals surface area (Å²) < 4.78 is 10.0. The molecule has 22 heavy (non-hydrogen) atoms. The second-order valence-corrected chi connectivity index (χ2v) is 5.03. The summed E-state index contributed by atoms with van der Waals surface area (Å²) in [5.74, 6) is 0.741. The van der Waals surface area contributed by atoms with Crippen LogP contribution >= 0.6 is 0 Å². The first-order valence-electron chi connectivity index (χ1n) is 7.46. The highest BCUT2D eigenvalue weighted by molar-refractivity contribution is 5.70. The molecule has 120 valence electrons. The van der Waals surface area contributed by atoms with Gasteiger partial charge in [-0.2, -0.15) is 0 Å². The van der Waals surface area contributed by atoms with Crippen LogP contribution in [0.3, 0.4) is 0 Å². The summed E-state index contributed by atoms with van der Waals surface area (Å²) in [5, 5.41) is 0. The number of anilines is 2. The van der Waals surface area contributed by atoms with Gasteiger partial charge in [0, 0.05) is 26.2 Å². The molecule has 0 saturated carbocycles. The van der Waals surface area contributed by atoms with Gasteiger partial charge in [-0.05, 0) is 12.1 Å². The lowest BCUT2D eigenvalue weighted by Crippen LogP contribution is -2.36. The molecule has 1 aromatic rings. The number of ether oxygens (including phenoxy) is 2. The average molecular weight is 305 g/mol. The summed E-state index contributed by atoms with van der Waals surface area (Å²) in [4.78, 5) is 20.1. The van der Waals surface area contributed by atoms with Gasteiger partial charge in [-0.25, -0.2) is 4.98 Å². The molecule has 1 saturated heterocycles. The van der Waals surface area contributed by atoms with Crippen molar-refractivity contribution in [3.63, 3.8) is 0 Å². The summed E-state index contributed by atoms with van der Waals surface area (Å²) in [7, 11) is 1.40. The zero-order valence-corrected chi connectivity index (χ0v) is 13.0. The molecule has 6 heteroatoms. The number of hydrogen-bond acceptors (Lipinski definition) is 6. The molecule has 1 aromatic heterocycles. The van der Waals surface area contributed by atoms with Crippen LogP contribution in [0.4, 0.5) is 11.5 Å². The first-order valence-corrected chi connectivity index (χ1v) is 7.46. The number of aromatic nitrogens is 1.